The summed E-state index contributed by atoms with van der Waals surface area (Å²) in [4.78, 5) is 11.9. The molecule has 6 nitrogen and oxygen atoms in total. The number of carbonyl (C=O) groups is 1. The first-order valence-electron chi connectivity index (χ1n) is 14.9. The third-order valence-electron chi connectivity index (χ3n) is 10.5. The number of carboxylic acids is 1. The van der Waals surface area contributed by atoms with E-state index in [0.717, 1.165) is 18.8 Å². The lowest BCUT2D eigenvalue weighted by Gasteiger charge is -2.64. The van der Waals surface area contributed by atoms with Gasteiger partial charge in [-0.25, -0.2) is 0 Å². The third-order valence-corrected chi connectivity index (χ3v) is 22.6. The van der Waals surface area contributed by atoms with Crippen LogP contribution in [0.4, 0.5) is 0 Å². The Kier molecular flexibility index (Phi) is 8.89. The van der Waals surface area contributed by atoms with Crippen LogP contribution in [0.15, 0.2) is 0 Å². The van der Waals surface area contributed by atoms with E-state index in [-0.39, 0.29) is 42.3 Å². The lowest BCUT2D eigenvalue weighted by molar-refractivity contribution is -0.199. The van der Waals surface area contributed by atoms with Crippen LogP contribution in [0.5, 0.6) is 0 Å². The quantitative estimate of drug-likeness (QED) is 0.259. The summed E-state index contributed by atoms with van der Waals surface area (Å²) in [6.45, 7) is 32.8. The summed E-state index contributed by atoms with van der Waals surface area (Å²) < 4.78 is 23.5. The zero-order valence-corrected chi connectivity index (χ0v) is 30.0. The molecular weight excluding hydrogens is 525 g/mol. The van der Waals surface area contributed by atoms with Crippen molar-refractivity contribution in [1.82, 2.24) is 4.23 Å². The van der Waals surface area contributed by atoms with Crippen molar-refractivity contribution in [1.29, 1.82) is 0 Å². The highest BCUT2D eigenvalue weighted by atomic mass is 28.4. The van der Waals surface area contributed by atoms with Gasteiger partial charge in [0.15, 0.2) is 8.32 Å². The first-order valence-corrected chi connectivity index (χ1v) is 24.7. The van der Waals surface area contributed by atoms with Gasteiger partial charge in [-0.3, -0.25) is 4.79 Å². The van der Waals surface area contributed by atoms with Crippen molar-refractivity contribution in [3.63, 3.8) is 0 Å². The number of rotatable bonds is 11. The van der Waals surface area contributed by atoms with Crippen molar-refractivity contribution in [2.75, 3.05) is 0 Å². The number of aliphatic carboxylic acids is 1. The van der Waals surface area contributed by atoms with Crippen molar-refractivity contribution in [3.05, 3.63) is 0 Å². The highest BCUT2D eigenvalue weighted by Crippen LogP contribution is 2.66. The molecule has 0 amide bonds. The van der Waals surface area contributed by atoms with Crippen molar-refractivity contribution >= 4 is 37.9 Å². The SMILES string of the molecule is CC1(C)[C@@H]2C[C@H]3OB([C@H](CC[C@@H](CC(=O)O)O[Si](C)(C)C(C)(C)C)N([Si](C)(C)C)[Si](C)(C)C)O[C@@]3(C)[C@H]1C2. The molecule has 0 aromatic heterocycles. The Morgan fingerprint density at radius 1 is 1.03 bits per heavy atom. The van der Waals surface area contributed by atoms with Crippen LogP contribution in [0.1, 0.15) is 73.6 Å². The fraction of sp³-hybridized carbons (Fsp3) is 0.964. The number of hydrogen-bond acceptors (Lipinski definition) is 5. The molecule has 220 valence electrons. The zero-order valence-electron chi connectivity index (χ0n) is 27.0. The molecule has 1 aliphatic heterocycles. The van der Waals surface area contributed by atoms with Crippen LogP contribution in [0, 0.1) is 17.3 Å². The van der Waals surface area contributed by atoms with Gasteiger partial charge >= 0.3 is 13.1 Å². The minimum absolute atomic E-state index is 0.0292. The van der Waals surface area contributed by atoms with Gasteiger partial charge in [-0.05, 0) is 68.0 Å². The minimum Gasteiger partial charge on any atom is -0.481 e. The van der Waals surface area contributed by atoms with E-state index in [9.17, 15) is 9.90 Å². The van der Waals surface area contributed by atoms with Crippen molar-refractivity contribution in [2.24, 2.45) is 17.3 Å². The van der Waals surface area contributed by atoms with Gasteiger partial charge in [0.05, 0.1) is 24.2 Å². The largest absolute Gasteiger partial charge is 0.481 e. The minimum atomic E-state index is -2.12. The zero-order chi connectivity index (χ0) is 29.3. The van der Waals surface area contributed by atoms with E-state index in [1.807, 2.05) is 0 Å². The maximum absolute atomic E-state index is 11.9. The molecule has 4 fully saturated rings. The van der Waals surface area contributed by atoms with Gasteiger partial charge in [0, 0.05) is 5.94 Å². The summed E-state index contributed by atoms with van der Waals surface area (Å²) in [6, 6.07) is 0. The normalized spacial score (nSPS) is 31.1. The molecule has 0 aromatic rings. The number of nitrogens with zero attached hydrogens (tertiary/aromatic N) is 1. The average Bonchev–Trinajstić information content (AvgIpc) is 3.03. The van der Waals surface area contributed by atoms with Crippen LogP contribution in [-0.4, -0.2) is 71.0 Å². The van der Waals surface area contributed by atoms with E-state index in [0.29, 0.717) is 17.8 Å². The fourth-order valence-electron chi connectivity index (χ4n) is 7.80. The summed E-state index contributed by atoms with van der Waals surface area (Å²) >= 11 is 0. The first kappa shape index (κ1) is 32.5. The lowest BCUT2D eigenvalue weighted by atomic mass is 9.43. The second-order valence-corrected chi connectivity index (χ2v) is 31.6. The van der Waals surface area contributed by atoms with E-state index < -0.39 is 30.8 Å². The van der Waals surface area contributed by atoms with Crippen LogP contribution >= 0.6 is 0 Å². The molecule has 0 aromatic carbocycles. The summed E-state index contributed by atoms with van der Waals surface area (Å²) in [5.74, 6) is 0.564. The van der Waals surface area contributed by atoms with Crippen LogP contribution in [0.3, 0.4) is 0 Å². The molecule has 0 radical (unpaired) electrons. The van der Waals surface area contributed by atoms with Gasteiger partial charge < -0.3 is 23.1 Å². The smallest absolute Gasteiger partial charge is 0.474 e. The highest BCUT2D eigenvalue weighted by Gasteiger charge is 2.69. The molecular formula is C28H58BNO5Si3. The molecule has 0 spiro atoms. The molecule has 0 unspecified atom stereocenters. The topological polar surface area (TPSA) is 68.2 Å². The Labute approximate surface area is 237 Å². The monoisotopic (exact) mass is 583 g/mol. The van der Waals surface area contributed by atoms with E-state index in [1.165, 1.54) is 6.42 Å². The van der Waals surface area contributed by atoms with Crippen LogP contribution in [0.25, 0.3) is 0 Å². The molecule has 4 aliphatic rings. The maximum Gasteiger partial charge on any atom is 0.474 e. The van der Waals surface area contributed by atoms with Crippen molar-refractivity contribution < 1.29 is 23.6 Å². The Morgan fingerprint density at radius 3 is 2.03 bits per heavy atom. The molecule has 2 bridgehead atoms. The molecule has 4 rings (SSSR count). The van der Waals surface area contributed by atoms with Crippen LogP contribution in [0.2, 0.25) is 57.4 Å². The van der Waals surface area contributed by atoms with Crippen LogP contribution < -0.4 is 0 Å². The van der Waals surface area contributed by atoms with Crippen molar-refractivity contribution in [3.8, 4) is 0 Å². The lowest BCUT2D eigenvalue weighted by Crippen LogP contribution is -2.67. The molecule has 38 heavy (non-hydrogen) atoms. The summed E-state index contributed by atoms with van der Waals surface area (Å²) in [5.41, 5.74) is 0.0592. The van der Waals surface area contributed by atoms with E-state index >= 15 is 0 Å². The molecule has 10 heteroatoms. The van der Waals surface area contributed by atoms with Gasteiger partial charge in [0.2, 0.25) is 0 Å². The van der Waals surface area contributed by atoms with E-state index in [2.05, 4.69) is 98.1 Å². The second-order valence-electron chi connectivity index (χ2n) is 16.8. The van der Waals surface area contributed by atoms with Gasteiger partial charge in [0.1, 0.15) is 16.5 Å². The molecule has 3 saturated carbocycles. The van der Waals surface area contributed by atoms with Crippen molar-refractivity contribution in [2.45, 2.75) is 155 Å². The summed E-state index contributed by atoms with van der Waals surface area (Å²) in [6.07, 6.45) is 3.75. The summed E-state index contributed by atoms with van der Waals surface area (Å²) in [5, 5.41) is 9.80. The predicted octanol–water partition coefficient (Wildman–Crippen LogP) is 7.24. The number of carboxylic acid groups (broad SMARTS) is 1. The average molecular weight is 584 g/mol. The molecule has 6 atom stereocenters. The van der Waals surface area contributed by atoms with E-state index in [4.69, 9.17) is 13.7 Å². The van der Waals surface area contributed by atoms with Gasteiger partial charge in [-0.1, -0.05) is 73.9 Å². The Hall–Kier alpha value is 0.0256. The number of hydrogen-bond donors (Lipinski definition) is 1. The van der Waals surface area contributed by atoms with E-state index in [1.54, 1.807) is 0 Å². The molecule has 3 aliphatic carbocycles. The summed E-state index contributed by atoms with van der Waals surface area (Å²) in [7, 11) is -5.91. The molecule has 1 heterocycles. The Balaban J connectivity index is 1.92. The molecule has 1 saturated heterocycles. The fourth-order valence-corrected chi connectivity index (χ4v) is 19.7. The predicted molar refractivity (Wildman–Crippen MR) is 166 cm³/mol. The Morgan fingerprint density at radius 2 is 1.58 bits per heavy atom. The van der Waals surface area contributed by atoms with Gasteiger partial charge in [-0.15, -0.1) is 0 Å². The standard InChI is InChI=1S/C28H58BNO5Si3/c1-26(2,3)38(13,14)34-21(19-25(31)32)15-16-24(30(36(7,8)9)37(10,11)12)29-33-23-18-20-17-22(27(20,4)5)28(23,6)35-29/h20-24H,15-19H2,1-14H3,(H,31,32)/t20-,21-,22-,23+,24-,28-/m0/s1. The van der Waals surface area contributed by atoms with Crippen LogP contribution in [-0.2, 0) is 18.5 Å². The van der Waals surface area contributed by atoms with Gasteiger partial charge in [-0.2, -0.15) is 0 Å². The first-order chi connectivity index (χ1) is 16.9. The maximum atomic E-state index is 11.9. The second kappa shape index (κ2) is 10.4. The van der Waals surface area contributed by atoms with Gasteiger partial charge in [0.25, 0.3) is 0 Å². The molecule has 1 N–H and O–H groups in total. The highest BCUT2D eigenvalue weighted by molar-refractivity contribution is 6.90. The Bertz CT molecular complexity index is 867. The third kappa shape index (κ3) is 6.26.